The summed E-state index contributed by atoms with van der Waals surface area (Å²) in [6, 6.07) is 20.2. The monoisotopic (exact) mass is 479 g/mol. The Morgan fingerprint density at radius 1 is 0.939 bits per heavy atom. The van der Waals surface area contributed by atoms with Crippen molar-refractivity contribution in [2.45, 2.75) is 38.0 Å². The fourth-order valence-electron chi connectivity index (χ4n) is 4.72. The minimum atomic E-state index is -1.77. The minimum Gasteiger partial charge on any atom is -0.365 e. The van der Waals surface area contributed by atoms with Crippen molar-refractivity contribution in [1.82, 2.24) is 0 Å². The van der Waals surface area contributed by atoms with Crippen molar-refractivity contribution >= 4 is 46.3 Å². The molecule has 1 saturated heterocycles. The molecule has 0 radical (unpaired) electrons. The average Bonchev–Trinajstić information content (AvgIpc) is 2.98. The molecule has 2 unspecified atom stereocenters. The van der Waals surface area contributed by atoms with Gasteiger partial charge in [0.1, 0.15) is 0 Å². The summed E-state index contributed by atoms with van der Waals surface area (Å²) in [5.74, 6) is 0. The maximum absolute atomic E-state index is 14.1. The summed E-state index contributed by atoms with van der Waals surface area (Å²) in [6.45, 7) is 11.3. The summed E-state index contributed by atoms with van der Waals surface area (Å²) in [7, 11) is 0. The summed E-state index contributed by atoms with van der Waals surface area (Å²) in [6.07, 6.45) is 1.22. The van der Waals surface area contributed by atoms with E-state index >= 15 is 0 Å². The molecule has 0 spiro atoms. The van der Waals surface area contributed by atoms with Crippen molar-refractivity contribution in [2.24, 2.45) is 0 Å². The van der Waals surface area contributed by atoms with Crippen LogP contribution in [0, 0.1) is 6.57 Å². The molecule has 0 aromatic heterocycles. The van der Waals surface area contributed by atoms with Gasteiger partial charge in [0.25, 0.3) is 0 Å². The molecular formula is C26H23Cl2N3O2. The fraction of sp³-hybridized carbons (Fsp3) is 0.231. The van der Waals surface area contributed by atoms with Gasteiger partial charge < -0.3 is 5.11 Å². The van der Waals surface area contributed by atoms with E-state index in [1.54, 1.807) is 77.7 Å². The van der Waals surface area contributed by atoms with Crippen molar-refractivity contribution < 1.29 is 9.90 Å². The first-order valence-corrected chi connectivity index (χ1v) is 11.4. The number of hydrogen-bond donors (Lipinski definition) is 1. The van der Waals surface area contributed by atoms with E-state index in [1.165, 1.54) is 4.90 Å². The van der Waals surface area contributed by atoms with Gasteiger partial charge in [-0.3, -0.25) is 9.80 Å². The van der Waals surface area contributed by atoms with Gasteiger partial charge in [-0.2, -0.15) is 0 Å². The van der Waals surface area contributed by atoms with E-state index in [-0.39, 0.29) is 6.03 Å². The molecular weight excluding hydrogens is 457 g/mol. The summed E-state index contributed by atoms with van der Waals surface area (Å²) < 4.78 is 0. The smallest absolute Gasteiger partial charge is 0.332 e. The third kappa shape index (κ3) is 3.65. The lowest BCUT2D eigenvalue weighted by Crippen LogP contribution is -2.58. The number of rotatable bonds is 5. The van der Waals surface area contributed by atoms with Crippen LogP contribution in [0.5, 0.6) is 0 Å². The van der Waals surface area contributed by atoms with Crippen LogP contribution in [0.1, 0.15) is 32.3 Å². The molecule has 2 amide bonds. The third-order valence-electron chi connectivity index (χ3n) is 6.23. The van der Waals surface area contributed by atoms with Gasteiger partial charge in [-0.25, -0.2) is 9.64 Å². The van der Waals surface area contributed by atoms with E-state index < -0.39 is 11.3 Å². The number of carbonyl (C=O) groups excluding carboxylic acids is 1. The highest BCUT2D eigenvalue weighted by Crippen LogP contribution is 2.53. The van der Waals surface area contributed by atoms with Crippen LogP contribution in [0.4, 0.5) is 21.9 Å². The standard InChI is InChI=1S/C26H23Cl2N3O2/c1-4-16-25(2)26(33,18-6-5-7-21(17-18)29-3)31(23-14-10-20(28)11-15-23)24(32)30(25)22-12-8-19(27)9-13-22/h5-15,17,33H,4,16H2,1-2H3. The average molecular weight is 480 g/mol. The number of benzene rings is 3. The first-order valence-electron chi connectivity index (χ1n) is 10.6. The van der Waals surface area contributed by atoms with Crippen LogP contribution in [0.2, 0.25) is 10.0 Å². The Hall–Kier alpha value is -3.04. The lowest BCUT2D eigenvalue weighted by atomic mass is 9.78. The Kier molecular flexibility index (Phi) is 6.11. The number of anilines is 2. The van der Waals surface area contributed by atoms with Crippen LogP contribution >= 0.6 is 23.2 Å². The van der Waals surface area contributed by atoms with Crippen LogP contribution in [-0.4, -0.2) is 16.7 Å². The molecule has 3 aromatic rings. The van der Waals surface area contributed by atoms with Gasteiger partial charge in [0.15, 0.2) is 11.4 Å². The van der Waals surface area contributed by atoms with Gasteiger partial charge in [-0.1, -0.05) is 54.7 Å². The van der Waals surface area contributed by atoms with Crippen molar-refractivity contribution in [1.29, 1.82) is 0 Å². The molecule has 4 rings (SSSR count). The second-order valence-electron chi connectivity index (χ2n) is 8.26. The summed E-state index contributed by atoms with van der Waals surface area (Å²) >= 11 is 12.2. The minimum absolute atomic E-state index is 0.383. The zero-order valence-corrected chi connectivity index (χ0v) is 19.8. The van der Waals surface area contributed by atoms with E-state index in [1.807, 2.05) is 13.8 Å². The van der Waals surface area contributed by atoms with Crippen LogP contribution in [0.15, 0.2) is 72.8 Å². The third-order valence-corrected chi connectivity index (χ3v) is 6.74. The molecule has 0 bridgehead atoms. The Bertz CT molecular complexity index is 1220. The van der Waals surface area contributed by atoms with Gasteiger partial charge in [-0.05, 0) is 73.5 Å². The molecule has 0 saturated carbocycles. The number of urea groups is 1. The molecule has 168 valence electrons. The maximum atomic E-state index is 14.1. The molecule has 1 fully saturated rings. The van der Waals surface area contributed by atoms with Crippen LogP contribution in [0.25, 0.3) is 4.85 Å². The van der Waals surface area contributed by atoms with Gasteiger partial charge >= 0.3 is 6.03 Å². The molecule has 5 nitrogen and oxygen atoms in total. The van der Waals surface area contributed by atoms with Crippen molar-refractivity contribution in [2.75, 3.05) is 9.80 Å². The number of nitrogens with zero attached hydrogens (tertiary/aromatic N) is 3. The molecule has 1 aliphatic heterocycles. The predicted molar refractivity (Wildman–Crippen MR) is 133 cm³/mol. The first-order chi connectivity index (χ1) is 15.8. The number of carbonyl (C=O) groups is 1. The molecule has 2 atom stereocenters. The number of amides is 2. The molecule has 7 heteroatoms. The topological polar surface area (TPSA) is 48.1 Å². The van der Waals surface area contributed by atoms with Crippen LogP contribution in [-0.2, 0) is 5.72 Å². The highest BCUT2D eigenvalue weighted by molar-refractivity contribution is 6.31. The Labute approximate surface area is 203 Å². The number of hydrogen-bond acceptors (Lipinski definition) is 2. The van der Waals surface area contributed by atoms with E-state index in [4.69, 9.17) is 29.8 Å². The second-order valence-corrected chi connectivity index (χ2v) is 9.14. The van der Waals surface area contributed by atoms with E-state index in [9.17, 15) is 9.90 Å². The summed E-state index contributed by atoms with van der Waals surface area (Å²) in [5.41, 5.74) is -0.864. The summed E-state index contributed by atoms with van der Waals surface area (Å²) in [5, 5.41) is 13.6. The lowest BCUT2D eigenvalue weighted by Gasteiger charge is -2.45. The van der Waals surface area contributed by atoms with Gasteiger partial charge in [0.05, 0.1) is 12.1 Å². The number of halogens is 2. The Morgan fingerprint density at radius 2 is 1.48 bits per heavy atom. The molecule has 1 aliphatic rings. The normalized spacial score (nSPS) is 22.5. The fourth-order valence-corrected chi connectivity index (χ4v) is 4.98. The van der Waals surface area contributed by atoms with Crippen molar-refractivity contribution in [3.63, 3.8) is 0 Å². The summed E-state index contributed by atoms with van der Waals surface area (Å²) in [4.78, 5) is 20.6. The van der Waals surface area contributed by atoms with E-state index in [0.29, 0.717) is 45.5 Å². The Balaban J connectivity index is 2.02. The number of aliphatic hydroxyl groups is 1. The second kappa shape index (κ2) is 8.72. The quantitative estimate of drug-likeness (QED) is 0.387. The van der Waals surface area contributed by atoms with E-state index in [2.05, 4.69) is 4.85 Å². The molecule has 1 N–H and O–H groups in total. The van der Waals surface area contributed by atoms with Crippen molar-refractivity contribution in [3.05, 3.63) is 99.8 Å². The highest BCUT2D eigenvalue weighted by Gasteiger charge is 2.65. The first kappa shape index (κ1) is 23.1. The molecule has 1 heterocycles. The highest BCUT2D eigenvalue weighted by atomic mass is 35.5. The van der Waals surface area contributed by atoms with Crippen molar-refractivity contribution in [3.8, 4) is 0 Å². The largest absolute Gasteiger partial charge is 0.365 e. The molecule has 3 aromatic carbocycles. The van der Waals surface area contributed by atoms with Gasteiger partial charge in [0, 0.05) is 21.4 Å². The SMILES string of the molecule is [C-]#[N+]c1cccc(C2(O)N(c3ccc(Cl)cc3)C(=O)N(c3ccc(Cl)cc3)C2(C)CCC)c1. The van der Waals surface area contributed by atoms with Crippen LogP contribution in [0.3, 0.4) is 0 Å². The predicted octanol–water partition coefficient (Wildman–Crippen LogP) is 7.39. The van der Waals surface area contributed by atoms with E-state index in [0.717, 1.165) is 0 Å². The van der Waals surface area contributed by atoms with Gasteiger partial charge in [-0.15, -0.1) is 0 Å². The lowest BCUT2D eigenvalue weighted by molar-refractivity contribution is -0.0139. The molecule has 33 heavy (non-hydrogen) atoms. The zero-order valence-electron chi connectivity index (χ0n) is 18.3. The van der Waals surface area contributed by atoms with Crippen LogP contribution < -0.4 is 9.80 Å². The molecule has 0 aliphatic carbocycles. The van der Waals surface area contributed by atoms with Gasteiger partial charge in [0.2, 0.25) is 0 Å². The Morgan fingerprint density at radius 3 is 2.00 bits per heavy atom. The zero-order chi connectivity index (χ0) is 23.8. The maximum Gasteiger partial charge on any atom is 0.332 e.